The molecule has 0 bridgehead atoms. The largest absolute Gasteiger partial charge is 0.457 e. The van der Waals surface area contributed by atoms with E-state index in [4.69, 9.17) is 4.74 Å². The lowest BCUT2D eigenvalue weighted by Gasteiger charge is -2.13. The summed E-state index contributed by atoms with van der Waals surface area (Å²) in [6.07, 6.45) is -0.163. The Hall–Kier alpha value is -2.45. The molecule has 0 aliphatic carbocycles. The van der Waals surface area contributed by atoms with Crippen molar-refractivity contribution in [3.63, 3.8) is 0 Å². The molecule has 1 N–H and O–H groups in total. The van der Waals surface area contributed by atoms with E-state index in [0.717, 1.165) is 17.0 Å². The van der Waals surface area contributed by atoms with Crippen molar-refractivity contribution in [2.45, 2.75) is 52.0 Å². The Labute approximate surface area is 172 Å². The zero-order valence-electron chi connectivity index (χ0n) is 17.5. The van der Waals surface area contributed by atoms with Gasteiger partial charge in [0, 0.05) is 29.5 Å². The van der Waals surface area contributed by atoms with Crippen LogP contribution in [0.3, 0.4) is 0 Å². The van der Waals surface area contributed by atoms with Gasteiger partial charge in [-0.3, -0.25) is 9.59 Å². The minimum atomic E-state index is -3.69. The monoisotopic (exact) mass is 420 g/mol. The van der Waals surface area contributed by atoms with E-state index in [2.05, 4.69) is 9.29 Å². The first-order valence-electron chi connectivity index (χ1n) is 9.46. The van der Waals surface area contributed by atoms with Gasteiger partial charge in [0.2, 0.25) is 15.8 Å². The Morgan fingerprint density at radius 2 is 1.72 bits per heavy atom. The summed E-state index contributed by atoms with van der Waals surface area (Å²) in [4.78, 5) is 24.4. The summed E-state index contributed by atoms with van der Waals surface area (Å²) >= 11 is 0. The lowest BCUT2D eigenvalue weighted by molar-refractivity contribution is -0.142. The molecule has 2 rings (SSSR count). The normalized spacial score (nSPS) is 11.7. The molecule has 158 valence electrons. The van der Waals surface area contributed by atoms with Crippen molar-refractivity contribution in [1.82, 2.24) is 9.29 Å². The summed E-state index contributed by atoms with van der Waals surface area (Å²) in [5, 5.41) is 0. The topological polar surface area (TPSA) is 94.5 Å². The van der Waals surface area contributed by atoms with Gasteiger partial charge in [-0.15, -0.1) is 0 Å². The zero-order chi connectivity index (χ0) is 21.8. The number of Topliss-reactive ketones (excluding diaryl/α,β-unsaturated/α-hetero) is 1. The van der Waals surface area contributed by atoms with Gasteiger partial charge >= 0.3 is 5.97 Å². The number of ketones is 1. The summed E-state index contributed by atoms with van der Waals surface area (Å²) in [6, 6.07) is 8.42. The van der Waals surface area contributed by atoms with Crippen LogP contribution in [0, 0.1) is 20.8 Å². The second kappa shape index (κ2) is 9.37. The molecule has 0 aliphatic rings. The number of aromatic nitrogens is 1. The van der Waals surface area contributed by atoms with Gasteiger partial charge in [0.05, 0.1) is 11.3 Å². The van der Waals surface area contributed by atoms with Crippen LogP contribution in [0.4, 0.5) is 0 Å². The van der Waals surface area contributed by atoms with Crippen LogP contribution in [0.2, 0.25) is 0 Å². The predicted octanol–water partition coefficient (Wildman–Crippen LogP) is 3.09. The Morgan fingerprint density at radius 3 is 2.28 bits per heavy atom. The van der Waals surface area contributed by atoms with Crippen LogP contribution in [0.1, 0.15) is 53.6 Å². The van der Waals surface area contributed by atoms with Crippen LogP contribution in [0.5, 0.6) is 0 Å². The Morgan fingerprint density at radius 1 is 1.10 bits per heavy atom. The van der Waals surface area contributed by atoms with E-state index < -0.39 is 16.0 Å². The minimum Gasteiger partial charge on any atom is -0.457 e. The summed E-state index contributed by atoms with van der Waals surface area (Å²) in [5.74, 6) is -0.916. The van der Waals surface area contributed by atoms with Crippen molar-refractivity contribution >= 4 is 21.8 Å². The Bertz CT molecular complexity index is 989. The third-order valence-corrected chi connectivity index (χ3v) is 6.09. The summed E-state index contributed by atoms with van der Waals surface area (Å²) < 4.78 is 33.8. The third kappa shape index (κ3) is 5.77. The summed E-state index contributed by atoms with van der Waals surface area (Å²) in [5.41, 5.74) is 3.29. The lowest BCUT2D eigenvalue weighted by atomic mass is 10.1. The van der Waals surface area contributed by atoms with Gasteiger partial charge in [0.1, 0.15) is 0 Å². The number of aryl methyl sites for hydroxylation is 2. The van der Waals surface area contributed by atoms with Gasteiger partial charge in [-0.25, -0.2) is 13.1 Å². The quantitative estimate of drug-likeness (QED) is 0.497. The minimum absolute atomic E-state index is 0.106. The zero-order valence-corrected chi connectivity index (χ0v) is 18.3. The van der Waals surface area contributed by atoms with E-state index in [1.54, 1.807) is 18.2 Å². The van der Waals surface area contributed by atoms with Gasteiger partial charge < -0.3 is 9.30 Å². The molecule has 7 nitrogen and oxygen atoms in total. The first-order valence-corrected chi connectivity index (χ1v) is 10.9. The molecule has 0 radical (unpaired) electrons. The first-order chi connectivity index (χ1) is 13.5. The van der Waals surface area contributed by atoms with Crippen molar-refractivity contribution in [1.29, 1.82) is 0 Å². The fourth-order valence-electron chi connectivity index (χ4n) is 3.24. The molecule has 1 aromatic carbocycles. The number of benzene rings is 1. The van der Waals surface area contributed by atoms with E-state index in [9.17, 15) is 18.0 Å². The molecule has 1 aromatic heterocycles. The lowest BCUT2D eigenvalue weighted by Crippen LogP contribution is -2.27. The SMILES string of the molecule is Cc1ccc(S(=O)(=O)NCCC(=O)OCC(=O)c2cc(C)n(C(C)C)c2C)cc1. The standard InChI is InChI=1S/C21H28N2O5S/c1-14(2)23-16(4)12-19(17(23)5)20(24)13-28-21(25)10-11-22-29(26,27)18-8-6-15(3)7-9-18/h6-9,12,14,22H,10-11,13H2,1-5H3. The molecule has 0 amide bonds. The number of hydrogen-bond donors (Lipinski definition) is 1. The van der Waals surface area contributed by atoms with E-state index >= 15 is 0 Å². The van der Waals surface area contributed by atoms with E-state index in [1.165, 1.54) is 12.1 Å². The third-order valence-electron chi connectivity index (χ3n) is 4.62. The number of esters is 1. The van der Waals surface area contributed by atoms with Gasteiger partial charge in [0.25, 0.3) is 0 Å². The number of sulfonamides is 1. The molecular weight excluding hydrogens is 392 g/mol. The van der Waals surface area contributed by atoms with Crippen LogP contribution in [0.25, 0.3) is 0 Å². The van der Waals surface area contributed by atoms with Crippen molar-refractivity contribution < 1.29 is 22.7 Å². The molecule has 2 aromatic rings. The molecule has 0 atom stereocenters. The molecule has 29 heavy (non-hydrogen) atoms. The maximum absolute atomic E-state index is 12.4. The maximum Gasteiger partial charge on any atom is 0.307 e. The van der Waals surface area contributed by atoms with Crippen LogP contribution in [-0.2, 0) is 19.6 Å². The van der Waals surface area contributed by atoms with Crippen LogP contribution in [0.15, 0.2) is 35.2 Å². The van der Waals surface area contributed by atoms with Gasteiger partial charge in [-0.05, 0) is 52.8 Å². The first kappa shape index (κ1) is 22.8. The van der Waals surface area contributed by atoms with Crippen molar-refractivity contribution in [2.24, 2.45) is 0 Å². The molecule has 0 saturated carbocycles. The molecule has 0 fully saturated rings. The van der Waals surface area contributed by atoms with E-state index in [-0.39, 0.29) is 36.3 Å². The van der Waals surface area contributed by atoms with E-state index in [1.807, 2.05) is 34.6 Å². The second-order valence-corrected chi connectivity index (χ2v) is 9.06. The Balaban J connectivity index is 1.85. The molecule has 8 heteroatoms. The van der Waals surface area contributed by atoms with Gasteiger partial charge in [-0.1, -0.05) is 17.7 Å². The molecular formula is C21H28N2O5S. The highest BCUT2D eigenvalue weighted by Gasteiger charge is 2.19. The highest BCUT2D eigenvalue weighted by atomic mass is 32.2. The Kier molecular flexibility index (Phi) is 7.37. The maximum atomic E-state index is 12.4. The number of rotatable bonds is 9. The average Bonchev–Trinajstić information content (AvgIpc) is 2.94. The number of nitrogens with zero attached hydrogens (tertiary/aromatic N) is 1. The number of carbonyl (C=O) groups excluding carboxylic acids is 2. The number of nitrogens with one attached hydrogen (secondary N) is 1. The number of ether oxygens (including phenoxy) is 1. The molecule has 0 unspecified atom stereocenters. The number of hydrogen-bond acceptors (Lipinski definition) is 5. The van der Waals surface area contributed by atoms with Gasteiger partial charge in [0.15, 0.2) is 6.61 Å². The molecule has 1 heterocycles. The van der Waals surface area contributed by atoms with Crippen molar-refractivity contribution in [3.8, 4) is 0 Å². The summed E-state index contributed by atoms with van der Waals surface area (Å²) in [6.45, 7) is 9.24. The fraction of sp³-hybridized carbons (Fsp3) is 0.429. The van der Waals surface area contributed by atoms with Crippen molar-refractivity contribution in [2.75, 3.05) is 13.2 Å². The summed E-state index contributed by atoms with van der Waals surface area (Å²) in [7, 11) is -3.69. The predicted molar refractivity (Wildman–Crippen MR) is 111 cm³/mol. The van der Waals surface area contributed by atoms with Crippen LogP contribution in [-0.4, -0.2) is 37.9 Å². The van der Waals surface area contributed by atoms with Crippen molar-refractivity contribution in [3.05, 3.63) is 52.8 Å². The van der Waals surface area contributed by atoms with Crippen LogP contribution < -0.4 is 4.72 Å². The fourth-order valence-corrected chi connectivity index (χ4v) is 4.27. The number of carbonyl (C=O) groups is 2. The average molecular weight is 421 g/mol. The van der Waals surface area contributed by atoms with Gasteiger partial charge in [-0.2, -0.15) is 0 Å². The smallest absolute Gasteiger partial charge is 0.307 e. The second-order valence-electron chi connectivity index (χ2n) is 7.29. The highest BCUT2D eigenvalue weighted by Crippen LogP contribution is 2.20. The molecule has 0 saturated heterocycles. The van der Waals surface area contributed by atoms with Crippen LogP contribution >= 0.6 is 0 Å². The molecule has 0 spiro atoms. The van der Waals surface area contributed by atoms with E-state index in [0.29, 0.717) is 5.56 Å². The molecule has 0 aliphatic heterocycles. The highest BCUT2D eigenvalue weighted by molar-refractivity contribution is 7.89.